The summed E-state index contributed by atoms with van der Waals surface area (Å²) in [5.74, 6) is 1.22. The fraction of sp³-hybridized carbons (Fsp3) is 0.600. The lowest BCUT2D eigenvalue weighted by Gasteiger charge is -2.25. The van der Waals surface area contributed by atoms with Gasteiger partial charge in [0.15, 0.2) is 11.4 Å². The van der Waals surface area contributed by atoms with E-state index in [4.69, 9.17) is 0 Å². The van der Waals surface area contributed by atoms with Crippen molar-refractivity contribution in [2.24, 2.45) is 0 Å². The Bertz CT molecular complexity index is 404. The van der Waals surface area contributed by atoms with Crippen molar-refractivity contribution in [2.45, 2.75) is 24.6 Å². The van der Waals surface area contributed by atoms with Gasteiger partial charge in [0.2, 0.25) is 0 Å². The van der Waals surface area contributed by atoms with Crippen LogP contribution in [-0.4, -0.2) is 34.9 Å². The number of aromatic nitrogens is 1. The molecule has 0 aliphatic carbocycles. The van der Waals surface area contributed by atoms with E-state index >= 15 is 0 Å². The number of carbonyl (C=O) groups excluding carboxylic acids is 1. The number of hydrogen-bond acceptors (Lipinski definition) is 5. The Morgan fingerprint density at radius 2 is 2.47 bits per heavy atom. The second-order valence-electron chi connectivity index (χ2n) is 4.06. The molecule has 2 bridgehead atoms. The number of carbonyl (C=O) groups is 1. The van der Waals surface area contributed by atoms with Gasteiger partial charge in [0.25, 0.3) is 0 Å². The maximum atomic E-state index is 10.8. The lowest BCUT2D eigenvalue weighted by molar-refractivity contribution is 0.112. The van der Waals surface area contributed by atoms with Gasteiger partial charge in [-0.05, 0) is 13.3 Å². The average Bonchev–Trinajstić information content (AvgIpc) is 2.90. The Hall–Kier alpha value is -0.550. The monoisotopic (exact) mass is 240 g/mol. The summed E-state index contributed by atoms with van der Waals surface area (Å²) in [7, 11) is 0. The SMILES string of the molecule is Cc1nc(N2CC3CC2CS3)sc1C=O. The van der Waals surface area contributed by atoms with E-state index in [9.17, 15) is 4.79 Å². The van der Waals surface area contributed by atoms with Crippen LogP contribution in [0.3, 0.4) is 0 Å². The summed E-state index contributed by atoms with van der Waals surface area (Å²) in [6.07, 6.45) is 2.21. The van der Waals surface area contributed by atoms with Gasteiger partial charge in [-0.1, -0.05) is 11.3 Å². The zero-order valence-corrected chi connectivity index (χ0v) is 10.1. The molecule has 1 aromatic heterocycles. The third-order valence-corrected chi connectivity index (χ3v) is 5.58. The van der Waals surface area contributed by atoms with Crippen molar-refractivity contribution in [3.05, 3.63) is 10.6 Å². The van der Waals surface area contributed by atoms with Gasteiger partial charge in [0.05, 0.1) is 10.6 Å². The molecule has 3 rings (SSSR count). The summed E-state index contributed by atoms with van der Waals surface area (Å²) in [4.78, 5) is 18.4. The summed E-state index contributed by atoms with van der Waals surface area (Å²) >= 11 is 3.61. The van der Waals surface area contributed by atoms with Gasteiger partial charge in [-0.25, -0.2) is 4.98 Å². The highest BCUT2D eigenvalue weighted by Crippen LogP contribution is 2.41. The fourth-order valence-corrected chi connectivity index (χ4v) is 4.66. The van der Waals surface area contributed by atoms with Crippen LogP contribution in [0, 0.1) is 6.92 Å². The third-order valence-electron chi connectivity index (χ3n) is 3.07. The van der Waals surface area contributed by atoms with Gasteiger partial charge >= 0.3 is 0 Å². The summed E-state index contributed by atoms with van der Waals surface area (Å²) in [5, 5.41) is 1.83. The fourth-order valence-electron chi connectivity index (χ4n) is 2.26. The second-order valence-corrected chi connectivity index (χ2v) is 6.40. The van der Waals surface area contributed by atoms with E-state index in [1.807, 2.05) is 6.92 Å². The van der Waals surface area contributed by atoms with Crippen molar-refractivity contribution < 1.29 is 4.79 Å². The predicted octanol–water partition coefficient (Wildman–Crippen LogP) is 1.96. The highest BCUT2D eigenvalue weighted by molar-refractivity contribution is 8.00. The zero-order valence-electron chi connectivity index (χ0n) is 8.47. The van der Waals surface area contributed by atoms with Gasteiger partial charge in [0, 0.05) is 23.6 Å². The number of aldehydes is 1. The van der Waals surface area contributed by atoms with Crippen LogP contribution < -0.4 is 4.90 Å². The maximum absolute atomic E-state index is 10.8. The zero-order chi connectivity index (χ0) is 10.4. The minimum Gasteiger partial charge on any atom is -0.343 e. The van der Waals surface area contributed by atoms with Gasteiger partial charge in [0.1, 0.15) is 0 Å². The standard InChI is InChI=1S/C10H12N2OS2/c1-6-9(4-13)15-10(11-6)12-3-8-2-7(12)5-14-8/h4,7-8H,2-3,5H2,1H3. The molecule has 0 radical (unpaired) electrons. The molecule has 2 saturated heterocycles. The number of anilines is 1. The molecule has 3 nitrogen and oxygen atoms in total. The van der Waals surface area contributed by atoms with Crippen LogP contribution in [-0.2, 0) is 0 Å². The number of thiazole rings is 1. The van der Waals surface area contributed by atoms with Gasteiger partial charge < -0.3 is 4.90 Å². The summed E-state index contributed by atoms with van der Waals surface area (Å²) in [6, 6.07) is 0.657. The van der Waals surface area contributed by atoms with Crippen LogP contribution in [0.2, 0.25) is 0 Å². The topological polar surface area (TPSA) is 33.2 Å². The van der Waals surface area contributed by atoms with Crippen molar-refractivity contribution in [3.8, 4) is 0 Å². The number of aryl methyl sites for hydroxylation is 1. The van der Waals surface area contributed by atoms with Crippen LogP contribution in [0.25, 0.3) is 0 Å². The molecule has 3 heterocycles. The first-order valence-corrected chi connectivity index (χ1v) is 6.95. The van der Waals surface area contributed by atoms with Gasteiger partial charge in [-0.2, -0.15) is 11.8 Å². The molecule has 0 spiro atoms. The van der Waals surface area contributed by atoms with Crippen LogP contribution in [0.5, 0.6) is 0 Å². The first kappa shape index (κ1) is 9.66. The van der Waals surface area contributed by atoms with Crippen molar-refractivity contribution in [1.29, 1.82) is 0 Å². The summed E-state index contributed by atoms with van der Waals surface area (Å²) in [5.41, 5.74) is 0.875. The molecule has 0 aromatic carbocycles. The molecule has 1 aromatic rings. The van der Waals surface area contributed by atoms with Gasteiger partial charge in [-0.3, -0.25) is 4.79 Å². The van der Waals surface area contributed by atoms with E-state index in [1.165, 1.54) is 23.5 Å². The molecule has 15 heavy (non-hydrogen) atoms. The molecule has 5 heteroatoms. The minimum atomic E-state index is 0.657. The Kier molecular flexibility index (Phi) is 2.25. The lowest BCUT2D eigenvalue weighted by atomic mass is 10.2. The maximum Gasteiger partial charge on any atom is 0.186 e. The van der Waals surface area contributed by atoms with Crippen molar-refractivity contribution in [3.63, 3.8) is 0 Å². The molecule has 2 unspecified atom stereocenters. The quantitative estimate of drug-likeness (QED) is 0.740. The predicted molar refractivity (Wildman–Crippen MR) is 64.2 cm³/mol. The van der Waals surface area contributed by atoms with Crippen LogP contribution in [0.1, 0.15) is 21.8 Å². The molecule has 2 aliphatic heterocycles. The molecule has 2 fully saturated rings. The van der Waals surface area contributed by atoms with Crippen molar-refractivity contribution in [2.75, 3.05) is 17.2 Å². The molecule has 80 valence electrons. The van der Waals surface area contributed by atoms with E-state index in [0.29, 0.717) is 6.04 Å². The first-order chi connectivity index (χ1) is 7.28. The van der Waals surface area contributed by atoms with Crippen molar-refractivity contribution >= 4 is 34.5 Å². The largest absolute Gasteiger partial charge is 0.343 e. The molecule has 0 saturated carbocycles. The number of hydrogen-bond donors (Lipinski definition) is 0. The molecule has 0 amide bonds. The smallest absolute Gasteiger partial charge is 0.186 e. The number of thioether (sulfide) groups is 1. The van der Waals surface area contributed by atoms with Crippen LogP contribution in [0.4, 0.5) is 5.13 Å². The third kappa shape index (κ3) is 1.49. The number of fused-ring (bicyclic) bond motifs is 2. The Balaban J connectivity index is 1.90. The Morgan fingerprint density at radius 1 is 1.60 bits per heavy atom. The summed E-state index contributed by atoms with van der Waals surface area (Å²) in [6.45, 7) is 3.02. The second kappa shape index (κ2) is 3.49. The van der Waals surface area contributed by atoms with E-state index in [-0.39, 0.29) is 0 Å². The lowest BCUT2D eigenvalue weighted by Crippen LogP contribution is -2.33. The Labute approximate surface area is 96.9 Å². The number of nitrogens with zero attached hydrogens (tertiary/aromatic N) is 2. The van der Waals surface area contributed by atoms with E-state index < -0.39 is 0 Å². The molecule has 2 atom stereocenters. The van der Waals surface area contributed by atoms with Crippen molar-refractivity contribution in [1.82, 2.24) is 4.98 Å². The number of rotatable bonds is 2. The molecular formula is C10H12N2OS2. The van der Waals surface area contributed by atoms with Gasteiger partial charge in [-0.15, -0.1) is 0 Å². The molecular weight excluding hydrogens is 228 g/mol. The van der Waals surface area contributed by atoms with Crippen LogP contribution in [0.15, 0.2) is 0 Å². The molecule has 0 N–H and O–H groups in total. The van der Waals surface area contributed by atoms with Crippen LogP contribution >= 0.6 is 23.1 Å². The van der Waals surface area contributed by atoms with E-state index in [0.717, 1.165) is 33.8 Å². The Morgan fingerprint density at radius 3 is 3.00 bits per heavy atom. The normalized spacial score (nSPS) is 28.7. The van der Waals surface area contributed by atoms with E-state index in [1.54, 1.807) is 0 Å². The first-order valence-electron chi connectivity index (χ1n) is 5.09. The minimum absolute atomic E-state index is 0.657. The highest BCUT2D eigenvalue weighted by atomic mass is 32.2. The highest BCUT2D eigenvalue weighted by Gasteiger charge is 2.39. The van der Waals surface area contributed by atoms with E-state index in [2.05, 4.69) is 21.6 Å². The summed E-state index contributed by atoms with van der Waals surface area (Å²) < 4.78 is 0. The average molecular weight is 240 g/mol. The molecule has 2 aliphatic rings.